The van der Waals surface area contributed by atoms with Gasteiger partial charge in [0.2, 0.25) is 0 Å². The van der Waals surface area contributed by atoms with Gasteiger partial charge in [0.15, 0.2) is 0 Å². The van der Waals surface area contributed by atoms with E-state index in [1.807, 2.05) is 12.1 Å². The Morgan fingerprint density at radius 1 is 1.05 bits per heavy atom. The van der Waals surface area contributed by atoms with Crippen LogP contribution in [-0.4, -0.2) is 6.26 Å². The van der Waals surface area contributed by atoms with Crippen LogP contribution in [0.15, 0.2) is 53.4 Å². The predicted molar refractivity (Wildman–Crippen MR) is 81.3 cm³/mol. The molecule has 0 aromatic heterocycles. The van der Waals surface area contributed by atoms with Crippen LogP contribution in [0.1, 0.15) is 24.9 Å². The first-order valence-corrected chi connectivity index (χ1v) is 7.61. The first kappa shape index (κ1) is 13.9. The molecule has 0 radical (unpaired) electrons. The van der Waals surface area contributed by atoms with E-state index in [0.717, 1.165) is 17.7 Å². The van der Waals surface area contributed by atoms with Gasteiger partial charge in [-0.25, -0.2) is 4.39 Å². The Balaban J connectivity index is 2.11. The maximum absolute atomic E-state index is 12.9. The molecule has 0 fully saturated rings. The summed E-state index contributed by atoms with van der Waals surface area (Å²) in [6.07, 6.45) is 3.02. The van der Waals surface area contributed by atoms with Crippen molar-refractivity contribution in [3.8, 4) is 0 Å². The van der Waals surface area contributed by atoms with Crippen LogP contribution in [0.5, 0.6) is 0 Å². The molecule has 0 aliphatic carbocycles. The van der Waals surface area contributed by atoms with Crippen LogP contribution in [0.2, 0.25) is 0 Å². The zero-order valence-corrected chi connectivity index (χ0v) is 12.0. The molecule has 0 aliphatic rings. The largest absolute Gasteiger partial charge is 0.378 e. The molecule has 0 aliphatic heterocycles. The van der Waals surface area contributed by atoms with Crippen LogP contribution in [0, 0.1) is 5.82 Å². The monoisotopic (exact) mass is 275 g/mol. The Hall–Kier alpha value is -1.48. The summed E-state index contributed by atoms with van der Waals surface area (Å²) >= 11 is 1.73. The van der Waals surface area contributed by atoms with E-state index in [1.165, 1.54) is 17.0 Å². The molecule has 0 bridgehead atoms. The zero-order chi connectivity index (χ0) is 13.7. The summed E-state index contributed by atoms with van der Waals surface area (Å²) in [7, 11) is 0. The molecule has 2 rings (SSSR count). The van der Waals surface area contributed by atoms with Gasteiger partial charge in [0.05, 0.1) is 6.04 Å². The number of hydrogen-bond donors (Lipinski definition) is 1. The van der Waals surface area contributed by atoms with E-state index >= 15 is 0 Å². The van der Waals surface area contributed by atoms with Crippen LogP contribution in [0.4, 0.5) is 10.1 Å². The van der Waals surface area contributed by atoms with E-state index in [1.54, 1.807) is 11.8 Å². The average Bonchev–Trinajstić information content (AvgIpc) is 2.46. The lowest BCUT2D eigenvalue weighted by atomic mass is 10.0. The summed E-state index contributed by atoms with van der Waals surface area (Å²) < 4.78 is 12.9. The molecule has 1 atom stereocenters. The summed E-state index contributed by atoms with van der Waals surface area (Å²) in [6.45, 7) is 2.12. The molecular weight excluding hydrogens is 257 g/mol. The number of rotatable bonds is 5. The summed E-state index contributed by atoms with van der Waals surface area (Å²) in [5, 5.41) is 3.48. The van der Waals surface area contributed by atoms with Crippen molar-refractivity contribution < 1.29 is 4.39 Å². The second kappa shape index (κ2) is 6.62. The number of benzene rings is 2. The third-order valence-corrected chi connectivity index (χ3v) is 3.86. The summed E-state index contributed by atoms with van der Waals surface area (Å²) in [4.78, 5) is 1.25. The fraction of sp³-hybridized carbons (Fsp3) is 0.250. The fourth-order valence-electron chi connectivity index (χ4n) is 2.00. The number of halogens is 1. The summed E-state index contributed by atoms with van der Waals surface area (Å²) in [5.74, 6) is -0.192. The molecule has 0 saturated carbocycles. The number of thioether (sulfide) groups is 1. The van der Waals surface area contributed by atoms with E-state index in [9.17, 15) is 4.39 Å². The van der Waals surface area contributed by atoms with Crippen molar-refractivity contribution in [3.05, 3.63) is 59.9 Å². The molecule has 0 amide bonds. The van der Waals surface area contributed by atoms with E-state index in [4.69, 9.17) is 0 Å². The van der Waals surface area contributed by atoms with Crippen molar-refractivity contribution >= 4 is 17.4 Å². The van der Waals surface area contributed by atoms with Crippen LogP contribution in [-0.2, 0) is 0 Å². The molecule has 1 unspecified atom stereocenters. The highest BCUT2D eigenvalue weighted by molar-refractivity contribution is 7.98. The molecule has 3 heteroatoms. The third kappa shape index (κ3) is 3.74. The molecule has 2 aromatic rings. The quantitative estimate of drug-likeness (QED) is 0.761. The minimum atomic E-state index is -0.192. The van der Waals surface area contributed by atoms with Crippen molar-refractivity contribution in [2.45, 2.75) is 24.3 Å². The standard InChI is InChI=1S/C16H18FNS/c1-3-16(12-4-6-13(17)7-5-12)18-14-8-10-15(19-2)11-9-14/h4-11,16,18H,3H2,1-2H3. The van der Waals surface area contributed by atoms with Crippen LogP contribution in [0.25, 0.3) is 0 Å². The molecule has 0 spiro atoms. The Labute approximate surface area is 118 Å². The van der Waals surface area contributed by atoms with Gasteiger partial charge in [-0.05, 0) is 54.6 Å². The van der Waals surface area contributed by atoms with Gasteiger partial charge in [-0.3, -0.25) is 0 Å². The van der Waals surface area contributed by atoms with Gasteiger partial charge >= 0.3 is 0 Å². The first-order chi connectivity index (χ1) is 9.22. The van der Waals surface area contributed by atoms with Gasteiger partial charge < -0.3 is 5.32 Å². The Morgan fingerprint density at radius 3 is 2.21 bits per heavy atom. The zero-order valence-electron chi connectivity index (χ0n) is 11.2. The Bertz CT molecular complexity index is 507. The fourth-order valence-corrected chi connectivity index (χ4v) is 2.41. The first-order valence-electron chi connectivity index (χ1n) is 6.39. The van der Waals surface area contributed by atoms with Crippen molar-refractivity contribution in [3.63, 3.8) is 0 Å². The lowest BCUT2D eigenvalue weighted by Gasteiger charge is -2.19. The molecule has 1 nitrogen and oxygen atoms in total. The van der Waals surface area contributed by atoms with E-state index < -0.39 is 0 Å². The number of hydrogen-bond acceptors (Lipinski definition) is 2. The Kier molecular flexibility index (Phi) is 4.86. The maximum atomic E-state index is 12.9. The van der Waals surface area contributed by atoms with Gasteiger partial charge in [0, 0.05) is 10.6 Å². The lowest BCUT2D eigenvalue weighted by Crippen LogP contribution is -2.09. The predicted octanol–water partition coefficient (Wildman–Crippen LogP) is 5.11. The minimum absolute atomic E-state index is 0.192. The molecule has 100 valence electrons. The summed E-state index contributed by atoms with van der Waals surface area (Å²) in [5.41, 5.74) is 2.20. The second-order valence-electron chi connectivity index (χ2n) is 4.39. The SMILES string of the molecule is CCC(Nc1ccc(SC)cc1)c1ccc(F)cc1. The smallest absolute Gasteiger partial charge is 0.123 e. The van der Waals surface area contributed by atoms with Gasteiger partial charge in [0.1, 0.15) is 5.82 Å². The van der Waals surface area contributed by atoms with Crippen molar-refractivity contribution in [2.24, 2.45) is 0 Å². The lowest BCUT2D eigenvalue weighted by molar-refractivity contribution is 0.625. The number of anilines is 1. The molecule has 1 N–H and O–H groups in total. The van der Waals surface area contributed by atoms with Gasteiger partial charge in [-0.15, -0.1) is 11.8 Å². The van der Waals surface area contributed by atoms with E-state index in [2.05, 4.69) is 42.8 Å². The Morgan fingerprint density at radius 2 is 1.68 bits per heavy atom. The second-order valence-corrected chi connectivity index (χ2v) is 5.26. The maximum Gasteiger partial charge on any atom is 0.123 e. The van der Waals surface area contributed by atoms with E-state index in [0.29, 0.717) is 0 Å². The highest BCUT2D eigenvalue weighted by Gasteiger charge is 2.09. The van der Waals surface area contributed by atoms with Crippen molar-refractivity contribution in [1.29, 1.82) is 0 Å². The van der Waals surface area contributed by atoms with Crippen LogP contribution in [0.3, 0.4) is 0 Å². The molecular formula is C16H18FNS. The topological polar surface area (TPSA) is 12.0 Å². The van der Waals surface area contributed by atoms with Gasteiger partial charge in [-0.2, -0.15) is 0 Å². The average molecular weight is 275 g/mol. The third-order valence-electron chi connectivity index (χ3n) is 3.11. The molecule has 0 heterocycles. The molecule has 19 heavy (non-hydrogen) atoms. The van der Waals surface area contributed by atoms with Gasteiger partial charge in [0.25, 0.3) is 0 Å². The van der Waals surface area contributed by atoms with E-state index in [-0.39, 0.29) is 11.9 Å². The van der Waals surface area contributed by atoms with Crippen molar-refractivity contribution in [2.75, 3.05) is 11.6 Å². The molecule has 2 aromatic carbocycles. The minimum Gasteiger partial charge on any atom is -0.378 e. The van der Waals surface area contributed by atoms with Gasteiger partial charge in [-0.1, -0.05) is 19.1 Å². The van der Waals surface area contributed by atoms with Crippen LogP contribution >= 0.6 is 11.8 Å². The number of nitrogens with one attached hydrogen (secondary N) is 1. The van der Waals surface area contributed by atoms with Crippen molar-refractivity contribution in [1.82, 2.24) is 0 Å². The normalized spacial score (nSPS) is 12.2. The van der Waals surface area contributed by atoms with Crippen LogP contribution < -0.4 is 5.32 Å². The highest BCUT2D eigenvalue weighted by atomic mass is 32.2. The highest BCUT2D eigenvalue weighted by Crippen LogP contribution is 2.24. The molecule has 0 saturated heterocycles. The summed E-state index contributed by atoms with van der Waals surface area (Å²) in [6, 6.07) is 15.3.